The first kappa shape index (κ1) is 15.5. The smallest absolute Gasteiger partial charge is 0.323 e. The fourth-order valence-corrected chi connectivity index (χ4v) is 3.45. The highest BCUT2D eigenvalue weighted by molar-refractivity contribution is 9.10. The second kappa shape index (κ2) is 6.27. The average Bonchev–Trinajstić information content (AvgIpc) is 2.39. The molecule has 2 N–H and O–H groups in total. The Morgan fingerprint density at radius 1 is 1.50 bits per heavy atom. The van der Waals surface area contributed by atoms with Gasteiger partial charge in [-0.05, 0) is 55.9 Å². The van der Waals surface area contributed by atoms with Gasteiger partial charge in [0.1, 0.15) is 5.54 Å². The number of hydrogen-bond acceptors (Lipinski definition) is 2. The fraction of sp³-hybridized carbons (Fsp3) is 0.562. The molecule has 0 spiro atoms. The van der Waals surface area contributed by atoms with Gasteiger partial charge in [-0.2, -0.15) is 0 Å². The van der Waals surface area contributed by atoms with E-state index in [4.69, 9.17) is 0 Å². The molecule has 0 aromatic heterocycles. The van der Waals surface area contributed by atoms with Crippen LogP contribution in [0.4, 0.5) is 0 Å². The molecule has 20 heavy (non-hydrogen) atoms. The van der Waals surface area contributed by atoms with Gasteiger partial charge in [0.2, 0.25) is 0 Å². The number of nitrogens with one attached hydrogen (secondary N) is 1. The predicted octanol–water partition coefficient (Wildman–Crippen LogP) is 3.54. The number of fused-ring (bicyclic) bond motifs is 1. The van der Waals surface area contributed by atoms with E-state index < -0.39 is 11.5 Å². The maximum atomic E-state index is 11.5. The molecule has 0 saturated carbocycles. The minimum Gasteiger partial charge on any atom is -0.480 e. The third kappa shape index (κ3) is 3.41. The second-order valence-corrected chi connectivity index (χ2v) is 6.80. The zero-order chi connectivity index (χ0) is 14.8. The normalized spacial score (nSPS) is 21.1. The van der Waals surface area contributed by atoms with Crippen LogP contribution in [0.2, 0.25) is 0 Å². The number of benzene rings is 1. The molecule has 0 radical (unpaired) electrons. The van der Waals surface area contributed by atoms with Crippen molar-refractivity contribution in [1.29, 1.82) is 0 Å². The van der Waals surface area contributed by atoms with Crippen LogP contribution in [0.3, 0.4) is 0 Å². The largest absolute Gasteiger partial charge is 0.480 e. The van der Waals surface area contributed by atoms with Gasteiger partial charge in [0.25, 0.3) is 0 Å². The summed E-state index contributed by atoms with van der Waals surface area (Å²) in [5, 5.41) is 12.8. The summed E-state index contributed by atoms with van der Waals surface area (Å²) in [5.41, 5.74) is 1.90. The lowest BCUT2D eigenvalue weighted by atomic mass is 9.86. The lowest BCUT2D eigenvalue weighted by Crippen LogP contribution is -2.55. The van der Waals surface area contributed by atoms with Crippen molar-refractivity contribution >= 4 is 21.9 Å². The summed E-state index contributed by atoms with van der Waals surface area (Å²) in [4.78, 5) is 11.5. The number of carboxylic acids is 1. The number of hydrogen-bond donors (Lipinski definition) is 2. The SMILES string of the molecule is CCCC(C)(NC1CCc2cc(Br)ccc2C1)C(=O)O. The van der Waals surface area contributed by atoms with Crippen molar-refractivity contribution in [3.63, 3.8) is 0 Å². The van der Waals surface area contributed by atoms with Crippen molar-refractivity contribution in [2.45, 2.75) is 57.5 Å². The molecule has 1 aromatic carbocycles. The van der Waals surface area contributed by atoms with Crippen LogP contribution in [0.15, 0.2) is 22.7 Å². The summed E-state index contributed by atoms with van der Waals surface area (Å²) in [6.07, 6.45) is 4.44. The molecule has 0 bridgehead atoms. The maximum Gasteiger partial charge on any atom is 0.323 e. The van der Waals surface area contributed by atoms with Crippen molar-refractivity contribution in [2.75, 3.05) is 0 Å². The van der Waals surface area contributed by atoms with Crippen LogP contribution in [0, 0.1) is 0 Å². The number of carboxylic acid groups (broad SMARTS) is 1. The zero-order valence-electron chi connectivity index (χ0n) is 12.1. The topological polar surface area (TPSA) is 49.3 Å². The Morgan fingerprint density at radius 3 is 2.90 bits per heavy atom. The van der Waals surface area contributed by atoms with Crippen LogP contribution in [0.5, 0.6) is 0 Å². The third-order valence-corrected chi connectivity index (χ3v) is 4.63. The quantitative estimate of drug-likeness (QED) is 0.862. The lowest BCUT2D eigenvalue weighted by Gasteiger charge is -2.34. The molecule has 3 nitrogen and oxygen atoms in total. The van der Waals surface area contributed by atoms with Crippen LogP contribution < -0.4 is 5.32 Å². The van der Waals surface area contributed by atoms with E-state index in [0.29, 0.717) is 6.42 Å². The van der Waals surface area contributed by atoms with Crippen LogP contribution in [-0.4, -0.2) is 22.7 Å². The molecule has 2 unspecified atom stereocenters. The standard InChI is InChI=1S/C16H22BrNO2/c1-3-8-16(2,15(19)20)18-14-7-5-11-9-13(17)6-4-12(11)10-14/h4,6,9,14,18H,3,5,7-8,10H2,1-2H3,(H,19,20). The van der Waals surface area contributed by atoms with Crippen LogP contribution in [0.1, 0.15) is 44.2 Å². The van der Waals surface area contributed by atoms with Crippen molar-refractivity contribution in [2.24, 2.45) is 0 Å². The molecular formula is C16H22BrNO2. The second-order valence-electron chi connectivity index (χ2n) is 5.88. The first-order valence-electron chi connectivity index (χ1n) is 7.23. The molecule has 1 aliphatic rings. The number of carbonyl (C=O) groups is 1. The fourth-order valence-electron chi connectivity index (χ4n) is 3.04. The Labute approximate surface area is 128 Å². The Hall–Kier alpha value is -0.870. The highest BCUT2D eigenvalue weighted by atomic mass is 79.9. The number of aryl methyl sites for hydroxylation is 1. The highest BCUT2D eigenvalue weighted by Crippen LogP contribution is 2.26. The summed E-state index contributed by atoms with van der Waals surface area (Å²) in [7, 11) is 0. The van der Waals surface area contributed by atoms with Crippen LogP contribution in [-0.2, 0) is 17.6 Å². The van der Waals surface area contributed by atoms with E-state index >= 15 is 0 Å². The van der Waals surface area contributed by atoms with Gasteiger partial charge in [-0.25, -0.2) is 0 Å². The van der Waals surface area contributed by atoms with Crippen LogP contribution in [0.25, 0.3) is 0 Å². The Morgan fingerprint density at radius 2 is 2.25 bits per heavy atom. The van der Waals surface area contributed by atoms with Gasteiger partial charge >= 0.3 is 5.97 Å². The molecule has 1 aliphatic carbocycles. The average molecular weight is 340 g/mol. The molecule has 110 valence electrons. The summed E-state index contributed by atoms with van der Waals surface area (Å²) in [6.45, 7) is 3.83. The molecule has 0 fully saturated rings. The van der Waals surface area contributed by atoms with Gasteiger partial charge < -0.3 is 5.11 Å². The Bertz CT molecular complexity index is 503. The summed E-state index contributed by atoms with van der Waals surface area (Å²) >= 11 is 3.50. The van der Waals surface area contributed by atoms with Gasteiger partial charge in [0, 0.05) is 10.5 Å². The van der Waals surface area contributed by atoms with Gasteiger partial charge in [0.15, 0.2) is 0 Å². The van der Waals surface area contributed by atoms with E-state index in [2.05, 4.69) is 39.4 Å². The Balaban J connectivity index is 2.09. The molecule has 0 heterocycles. The molecule has 2 atom stereocenters. The van der Waals surface area contributed by atoms with Gasteiger partial charge in [-0.15, -0.1) is 0 Å². The van der Waals surface area contributed by atoms with E-state index in [-0.39, 0.29) is 6.04 Å². The molecular weight excluding hydrogens is 318 g/mol. The van der Waals surface area contributed by atoms with E-state index in [9.17, 15) is 9.90 Å². The minimum atomic E-state index is -0.813. The van der Waals surface area contributed by atoms with Gasteiger partial charge in [0.05, 0.1) is 0 Å². The third-order valence-electron chi connectivity index (χ3n) is 4.14. The van der Waals surface area contributed by atoms with E-state index in [1.54, 1.807) is 6.92 Å². The molecule has 0 amide bonds. The summed E-state index contributed by atoms with van der Waals surface area (Å²) < 4.78 is 1.11. The lowest BCUT2D eigenvalue weighted by molar-refractivity contribution is -0.145. The number of rotatable bonds is 5. The molecule has 4 heteroatoms. The first-order chi connectivity index (χ1) is 9.44. The number of halogens is 1. The van der Waals surface area contributed by atoms with E-state index in [1.807, 2.05) is 6.92 Å². The van der Waals surface area contributed by atoms with Crippen molar-refractivity contribution in [1.82, 2.24) is 5.32 Å². The molecule has 1 aromatic rings. The van der Waals surface area contributed by atoms with E-state index in [1.165, 1.54) is 11.1 Å². The first-order valence-corrected chi connectivity index (χ1v) is 8.02. The van der Waals surface area contributed by atoms with Crippen molar-refractivity contribution in [3.8, 4) is 0 Å². The molecule has 2 rings (SSSR count). The molecule has 0 saturated heterocycles. The minimum absolute atomic E-state index is 0.247. The zero-order valence-corrected chi connectivity index (χ0v) is 13.7. The number of aliphatic carboxylic acids is 1. The Kier molecular flexibility index (Phi) is 4.86. The van der Waals surface area contributed by atoms with Crippen molar-refractivity contribution < 1.29 is 9.90 Å². The maximum absolute atomic E-state index is 11.5. The van der Waals surface area contributed by atoms with E-state index in [0.717, 1.165) is 30.2 Å². The monoisotopic (exact) mass is 339 g/mol. The highest BCUT2D eigenvalue weighted by Gasteiger charge is 2.35. The van der Waals surface area contributed by atoms with Crippen LogP contribution >= 0.6 is 15.9 Å². The molecule has 0 aliphatic heterocycles. The van der Waals surface area contributed by atoms with Gasteiger partial charge in [-0.3, -0.25) is 10.1 Å². The summed E-state index contributed by atoms with van der Waals surface area (Å²) in [5.74, 6) is -0.749. The van der Waals surface area contributed by atoms with Crippen molar-refractivity contribution in [3.05, 3.63) is 33.8 Å². The van der Waals surface area contributed by atoms with Gasteiger partial charge in [-0.1, -0.05) is 35.3 Å². The predicted molar refractivity (Wildman–Crippen MR) is 84.0 cm³/mol. The summed E-state index contributed by atoms with van der Waals surface area (Å²) in [6, 6.07) is 6.62.